The predicted octanol–water partition coefficient (Wildman–Crippen LogP) is 7.36. The maximum Gasteiger partial charge on any atom is 0.315 e. The molecule has 0 radical (unpaired) electrons. The van der Waals surface area contributed by atoms with Gasteiger partial charge in [0.05, 0.1) is 18.8 Å². The summed E-state index contributed by atoms with van der Waals surface area (Å²) < 4.78 is 13.7. The fourth-order valence-electron chi connectivity index (χ4n) is 8.48. The summed E-state index contributed by atoms with van der Waals surface area (Å²) in [6.45, 7) is 14.6. The molecule has 2 bridgehead atoms. The number of aliphatic hydroxyl groups excluding tert-OH is 1. The zero-order chi connectivity index (χ0) is 32.5. The van der Waals surface area contributed by atoms with Crippen LogP contribution in [0.15, 0.2) is 72.8 Å². The number of hydrogen-bond donors (Lipinski definition) is 3. The summed E-state index contributed by atoms with van der Waals surface area (Å²) in [5, 5.41) is 15.4. The van der Waals surface area contributed by atoms with E-state index in [1.165, 1.54) is 19.3 Å². The number of carbonyl (C=O) groups excluding carboxylic acids is 1. The standard InChI is InChI=1S/C39H51N3O4/c1-6-40-37(44)41-21-28-9-7-10-30(17-28)31-11-8-12-32(18-31)36-45-34(22-42-25-39(5)20-33(42)19-38(3,4)24-39)26(2)35(46-36)29-15-13-27(23-43)14-16-29/h7-18,26,33-36,43H,6,19-25H2,1-5H3,(H2,40,41,44)/t26-,33?,34+,35+,36+,39?/m1/s1. The molecule has 3 aromatic rings. The van der Waals surface area contributed by atoms with Gasteiger partial charge in [-0.15, -0.1) is 0 Å². The van der Waals surface area contributed by atoms with Crippen LogP contribution in [0.5, 0.6) is 0 Å². The molecule has 2 heterocycles. The highest BCUT2D eigenvalue weighted by Crippen LogP contribution is 2.53. The molecule has 0 aromatic heterocycles. The lowest BCUT2D eigenvalue weighted by Crippen LogP contribution is -2.46. The van der Waals surface area contributed by atoms with Gasteiger partial charge in [0.2, 0.25) is 0 Å². The van der Waals surface area contributed by atoms with Crippen LogP contribution in [0.3, 0.4) is 0 Å². The summed E-state index contributed by atoms with van der Waals surface area (Å²) >= 11 is 0. The Labute approximate surface area is 274 Å². The highest BCUT2D eigenvalue weighted by molar-refractivity contribution is 5.74. The number of amides is 2. The van der Waals surface area contributed by atoms with E-state index in [1.807, 2.05) is 31.2 Å². The Morgan fingerprint density at radius 2 is 1.65 bits per heavy atom. The number of carbonyl (C=O) groups is 1. The summed E-state index contributed by atoms with van der Waals surface area (Å²) in [5.41, 5.74) is 6.91. The molecule has 3 aromatic carbocycles. The van der Waals surface area contributed by atoms with Crippen molar-refractivity contribution in [1.29, 1.82) is 0 Å². The molecule has 2 unspecified atom stereocenters. The topological polar surface area (TPSA) is 83.1 Å². The Balaban J connectivity index is 1.26. The zero-order valence-corrected chi connectivity index (χ0v) is 28.1. The molecule has 3 aliphatic rings. The molecule has 2 aliphatic heterocycles. The first kappa shape index (κ1) is 32.7. The van der Waals surface area contributed by atoms with Crippen molar-refractivity contribution in [2.75, 3.05) is 19.6 Å². The van der Waals surface area contributed by atoms with Gasteiger partial charge in [-0.05, 0) is 77.0 Å². The lowest BCUT2D eigenvalue weighted by atomic mass is 9.65. The number of ether oxygens (including phenoxy) is 2. The van der Waals surface area contributed by atoms with Gasteiger partial charge >= 0.3 is 6.03 Å². The van der Waals surface area contributed by atoms with E-state index in [1.54, 1.807) is 0 Å². The van der Waals surface area contributed by atoms with E-state index < -0.39 is 6.29 Å². The molecule has 2 saturated heterocycles. The SMILES string of the molecule is CCNC(=O)NCc1cccc(-c2cccc([C@H]3O[C@@H](CN4CC5(C)CC4CC(C)(C)C5)[C@@H](C)[C@@H](c4ccc(CO)cc4)O3)c2)c1. The van der Waals surface area contributed by atoms with Crippen LogP contribution in [-0.4, -0.2) is 47.8 Å². The Bertz CT molecular complexity index is 1510. The summed E-state index contributed by atoms with van der Waals surface area (Å²) in [7, 11) is 0. The first-order valence-electron chi connectivity index (χ1n) is 17.0. The zero-order valence-electron chi connectivity index (χ0n) is 28.1. The Kier molecular flexibility index (Phi) is 9.58. The van der Waals surface area contributed by atoms with Crippen molar-refractivity contribution in [2.24, 2.45) is 16.7 Å². The maximum absolute atomic E-state index is 11.9. The normalized spacial score (nSPS) is 29.0. The molecular weight excluding hydrogens is 574 g/mol. The summed E-state index contributed by atoms with van der Waals surface area (Å²) in [6.07, 6.45) is 3.12. The third-order valence-corrected chi connectivity index (χ3v) is 10.3. The van der Waals surface area contributed by atoms with E-state index in [-0.39, 0.29) is 30.8 Å². The van der Waals surface area contributed by atoms with E-state index in [4.69, 9.17) is 9.47 Å². The van der Waals surface area contributed by atoms with Crippen molar-refractivity contribution >= 4 is 6.03 Å². The molecule has 6 atom stereocenters. The largest absolute Gasteiger partial charge is 0.392 e. The van der Waals surface area contributed by atoms with Gasteiger partial charge in [-0.25, -0.2) is 4.79 Å². The number of hydrogen-bond acceptors (Lipinski definition) is 5. The molecule has 246 valence electrons. The summed E-state index contributed by atoms with van der Waals surface area (Å²) in [6, 6.07) is 25.3. The van der Waals surface area contributed by atoms with Gasteiger partial charge in [0.1, 0.15) is 0 Å². The molecule has 6 rings (SSSR count). The van der Waals surface area contributed by atoms with Gasteiger partial charge in [-0.3, -0.25) is 4.90 Å². The number of nitrogens with one attached hydrogen (secondary N) is 2. The van der Waals surface area contributed by atoms with Crippen LogP contribution in [0.2, 0.25) is 0 Å². The van der Waals surface area contributed by atoms with Crippen molar-refractivity contribution in [2.45, 2.75) is 91.6 Å². The van der Waals surface area contributed by atoms with Gasteiger partial charge in [-0.1, -0.05) is 88.4 Å². The van der Waals surface area contributed by atoms with E-state index in [0.29, 0.717) is 30.0 Å². The lowest BCUT2D eigenvalue weighted by Gasteiger charge is -2.43. The first-order chi connectivity index (χ1) is 22.0. The second-order valence-electron chi connectivity index (χ2n) is 15.0. The minimum absolute atomic E-state index is 0.000318. The van der Waals surface area contributed by atoms with E-state index in [9.17, 15) is 9.90 Å². The highest BCUT2D eigenvalue weighted by atomic mass is 16.7. The number of rotatable bonds is 9. The quantitative estimate of drug-likeness (QED) is 0.232. The van der Waals surface area contributed by atoms with E-state index in [2.05, 4.69) is 91.8 Å². The van der Waals surface area contributed by atoms with Crippen molar-refractivity contribution < 1.29 is 19.4 Å². The molecule has 7 nitrogen and oxygen atoms in total. The van der Waals surface area contributed by atoms with Crippen LogP contribution in [0.1, 0.15) is 88.5 Å². The monoisotopic (exact) mass is 625 g/mol. The lowest BCUT2D eigenvalue weighted by molar-refractivity contribution is -0.276. The predicted molar refractivity (Wildman–Crippen MR) is 182 cm³/mol. The average Bonchev–Trinajstić information content (AvgIpc) is 3.28. The maximum atomic E-state index is 11.9. The van der Waals surface area contributed by atoms with Gasteiger partial charge in [-0.2, -0.15) is 0 Å². The Morgan fingerprint density at radius 1 is 0.913 bits per heavy atom. The van der Waals surface area contributed by atoms with Crippen LogP contribution >= 0.6 is 0 Å². The fourth-order valence-corrected chi connectivity index (χ4v) is 8.48. The van der Waals surface area contributed by atoms with Crippen molar-refractivity contribution in [3.05, 3.63) is 95.1 Å². The van der Waals surface area contributed by atoms with Crippen LogP contribution < -0.4 is 10.6 Å². The van der Waals surface area contributed by atoms with Crippen LogP contribution in [0.25, 0.3) is 11.1 Å². The Hall–Kier alpha value is -3.23. The van der Waals surface area contributed by atoms with Gasteiger partial charge < -0.3 is 25.2 Å². The molecule has 1 saturated carbocycles. The summed E-state index contributed by atoms with van der Waals surface area (Å²) in [4.78, 5) is 14.7. The van der Waals surface area contributed by atoms with Gasteiger partial charge in [0.25, 0.3) is 0 Å². The minimum Gasteiger partial charge on any atom is -0.392 e. The summed E-state index contributed by atoms with van der Waals surface area (Å²) in [5.74, 6) is 0.148. The molecule has 0 spiro atoms. The molecule has 3 fully saturated rings. The van der Waals surface area contributed by atoms with Crippen LogP contribution in [-0.2, 0) is 22.6 Å². The van der Waals surface area contributed by atoms with Crippen LogP contribution in [0, 0.1) is 16.7 Å². The van der Waals surface area contributed by atoms with Crippen LogP contribution in [0.4, 0.5) is 4.79 Å². The third-order valence-electron chi connectivity index (χ3n) is 10.3. The van der Waals surface area contributed by atoms with Gasteiger partial charge in [0, 0.05) is 43.7 Å². The molecule has 2 amide bonds. The Morgan fingerprint density at radius 3 is 2.39 bits per heavy atom. The average molecular weight is 626 g/mol. The first-order valence-corrected chi connectivity index (χ1v) is 17.0. The molecule has 46 heavy (non-hydrogen) atoms. The molecule has 1 aliphatic carbocycles. The van der Waals surface area contributed by atoms with E-state index in [0.717, 1.165) is 46.5 Å². The second kappa shape index (κ2) is 13.5. The fraction of sp³-hybridized carbons (Fsp3) is 0.513. The molecular formula is C39H51N3O4. The van der Waals surface area contributed by atoms with Crippen molar-refractivity contribution in [1.82, 2.24) is 15.5 Å². The number of aliphatic hydroxyl groups is 1. The second-order valence-corrected chi connectivity index (χ2v) is 15.0. The minimum atomic E-state index is -0.514. The third kappa shape index (κ3) is 7.33. The van der Waals surface area contributed by atoms with Gasteiger partial charge in [0.15, 0.2) is 6.29 Å². The number of benzene rings is 3. The molecule has 3 N–H and O–H groups in total. The number of urea groups is 1. The van der Waals surface area contributed by atoms with Crippen molar-refractivity contribution in [3.8, 4) is 11.1 Å². The number of nitrogens with zero attached hydrogens (tertiary/aromatic N) is 1. The number of fused-ring (bicyclic) bond motifs is 2. The van der Waals surface area contributed by atoms with E-state index >= 15 is 0 Å². The molecule has 7 heteroatoms. The highest BCUT2D eigenvalue weighted by Gasteiger charge is 2.51. The van der Waals surface area contributed by atoms with Crippen molar-refractivity contribution in [3.63, 3.8) is 0 Å². The number of likely N-dealkylation sites (tertiary alicyclic amines) is 1. The smallest absolute Gasteiger partial charge is 0.315 e.